The van der Waals surface area contributed by atoms with Crippen LogP contribution in [0.5, 0.6) is 0 Å². The summed E-state index contributed by atoms with van der Waals surface area (Å²) in [6, 6.07) is 0. The van der Waals surface area contributed by atoms with Crippen LogP contribution in [0.1, 0.15) is 38.5 Å². The van der Waals surface area contributed by atoms with E-state index in [2.05, 4.69) is 15.9 Å². The highest BCUT2D eigenvalue weighted by Crippen LogP contribution is 2.06. The fraction of sp³-hybridized carbons (Fsp3) is 1.00. The minimum absolute atomic E-state index is 0.832. The van der Waals surface area contributed by atoms with Gasteiger partial charge in [-0.15, -0.1) is 11.6 Å². The Kier molecular flexibility index (Phi) is 10.5. The highest BCUT2D eigenvalue weighted by Gasteiger charge is 1.88. The standard InChI is InChI=1S/C8H16BrCl/c9-7-5-3-1-2-4-6-8-10/h1-8H2. The van der Waals surface area contributed by atoms with Gasteiger partial charge in [0.1, 0.15) is 0 Å². The first kappa shape index (κ1) is 10.8. The summed E-state index contributed by atoms with van der Waals surface area (Å²) in [6.07, 6.45) is 7.93. The first-order chi connectivity index (χ1) is 4.91. The molecule has 0 amide bonds. The third-order valence-electron chi connectivity index (χ3n) is 1.52. The molecular weight excluding hydrogens is 211 g/mol. The third-order valence-corrected chi connectivity index (χ3v) is 2.35. The van der Waals surface area contributed by atoms with Crippen molar-refractivity contribution in [1.29, 1.82) is 0 Å². The number of rotatable bonds is 7. The highest BCUT2D eigenvalue weighted by molar-refractivity contribution is 9.09. The van der Waals surface area contributed by atoms with Crippen molar-refractivity contribution in [2.45, 2.75) is 38.5 Å². The van der Waals surface area contributed by atoms with Crippen molar-refractivity contribution in [2.75, 3.05) is 11.2 Å². The van der Waals surface area contributed by atoms with Crippen molar-refractivity contribution in [1.82, 2.24) is 0 Å². The minimum Gasteiger partial charge on any atom is -0.127 e. The van der Waals surface area contributed by atoms with Gasteiger partial charge in [-0.2, -0.15) is 0 Å². The summed E-state index contributed by atoms with van der Waals surface area (Å²) in [6.45, 7) is 0. The van der Waals surface area contributed by atoms with Crippen LogP contribution in [-0.2, 0) is 0 Å². The largest absolute Gasteiger partial charge is 0.127 e. The van der Waals surface area contributed by atoms with Crippen molar-refractivity contribution in [3.05, 3.63) is 0 Å². The number of alkyl halides is 2. The topological polar surface area (TPSA) is 0 Å². The summed E-state index contributed by atoms with van der Waals surface area (Å²) >= 11 is 8.95. The lowest BCUT2D eigenvalue weighted by molar-refractivity contribution is 0.629. The van der Waals surface area contributed by atoms with E-state index in [0.717, 1.165) is 11.2 Å². The van der Waals surface area contributed by atoms with Gasteiger partial charge in [0.2, 0.25) is 0 Å². The predicted molar refractivity (Wildman–Crippen MR) is 52.2 cm³/mol. The molecule has 0 N–H and O–H groups in total. The molecule has 0 aliphatic carbocycles. The second-order valence-corrected chi connectivity index (χ2v) is 3.67. The molecule has 0 aliphatic rings. The van der Waals surface area contributed by atoms with Gasteiger partial charge in [-0.1, -0.05) is 41.6 Å². The van der Waals surface area contributed by atoms with Crippen LogP contribution in [0, 0.1) is 0 Å². The number of halogens is 2. The molecule has 0 radical (unpaired) electrons. The predicted octanol–water partition coefficient (Wildman–Crippen LogP) is 3.96. The molecular formula is C8H16BrCl. The molecule has 0 heterocycles. The monoisotopic (exact) mass is 226 g/mol. The van der Waals surface area contributed by atoms with Crippen molar-refractivity contribution in [2.24, 2.45) is 0 Å². The SMILES string of the molecule is ClCCCCCCCCBr. The Balaban J connectivity index is 2.65. The Bertz CT molecular complexity index is 49.2. The molecule has 10 heavy (non-hydrogen) atoms. The number of hydrogen-bond donors (Lipinski definition) is 0. The summed E-state index contributed by atoms with van der Waals surface area (Å²) in [7, 11) is 0. The third kappa shape index (κ3) is 8.77. The molecule has 0 spiro atoms. The van der Waals surface area contributed by atoms with Gasteiger partial charge in [-0.3, -0.25) is 0 Å². The normalized spacial score (nSPS) is 10.2. The molecule has 0 bridgehead atoms. The molecule has 62 valence electrons. The zero-order valence-corrected chi connectivity index (χ0v) is 8.75. The molecule has 0 atom stereocenters. The first-order valence-electron chi connectivity index (χ1n) is 4.03. The summed E-state index contributed by atoms with van der Waals surface area (Å²) in [5, 5.41) is 1.16. The van der Waals surface area contributed by atoms with Gasteiger partial charge < -0.3 is 0 Å². The van der Waals surface area contributed by atoms with Gasteiger partial charge in [-0.05, 0) is 12.8 Å². The maximum atomic E-state index is 5.53. The van der Waals surface area contributed by atoms with E-state index in [1.165, 1.54) is 38.5 Å². The molecule has 0 nitrogen and oxygen atoms in total. The molecule has 0 unspecified atom stereocenters. The molecule has 0 saturated carbocycles. The molecule has 0 rings (SSSR count). The molecule has 0 aromatic carbocycles. The van der Waals surface area contributed by atoms with Crippen LogP contribution in [0.4, 0.5) is 0 Å². The van der Waals surface area contributed by atoms with E-state index < -0.39 is 0 Å². The van der Waals surface area contributed by atoms with Gasteiger partial charge in [0.25, 0.3) is 0 Å². The maximum absolute atomic E-state index is 5.53. The summed E-state index contributed by atoms with van der Waals surface area (Å²) in [4.78, 5) is 0. The molecule has 0 saturated heterocycles. The van der Waals surface area contributed by atoms with Gasteiger partial charge in [0.15, 0.2) is 0 Å². The number of hydrogen-bond acceptors (Lipinski definition) is 0. The number of unbranched alkanes of at least 4 members (excludes halogenated alkanes) is 5. The van der Waals surface area contributed by atoms with Crippen molar-refractivity contribution >= 4 is 27.5 Å². The molecule has 0 aromatic heterocycles. The highest BCUT2D eigenvalue weighted by atomic mass is 79.9. The Hall–Kier alpha value is 0.770. The average Bonchev–Trinajstić information content (AvgIpc) is 1.97. The average molecular weight is 228 g/mol. The Morgan fingerprint density at radius 2 is 1.30 bits per heavy atom. The molecule has 0 aliphatic heterocycles. The van der Waals surface area contributed by atoms with Crippen molar-refractivity contribution in [3.8, 4) is 0 Å². The van der Waals surface area contributed by atoms with Gasteiger partial charge in [0.05, 0.1) is 0 Å². The Morgan fingerprint density at radius 3 is 1.80 bits per heavy atom. The lowest BCUT2D eigenvalue weighted by atomic mass is 10.1. The zero-order chi connectivity index (χ0) is 7.66. The van der Waals surface area contributed by atoms with E-state index in [0.29, 0.717) is 0 Å². The van der Waals surface area contributed by atoms with E-state index in [1.807, 2.05) is 0 Å². The van der Waals surface area contributed by atoms with Gasteiger partial charge in [0, 0.05) is 11.2 Å². The quantitative estimate of drug-likeness (QED) is 0.456. The first-order valence-corrected chi connectivity index (χ1v) is 5.69. The fourth-order valence-corrected chi connectivity index (χ4v) is 1.48. The minimum atomic E-state index is 0.832. The lowest BCUT2D eigenvalue weighted by Crippen LogP contribution is -1.80. The van der Waals surface area contributed by atoms with Gasteiger partial charge in [-0.25, -0.2) is 0 Å². The molecule has 0 aromatic rings. The fourth-order valence-electron chi connectivity index (χ4n) is 0.896. The van der Waals surface area contributed by atoms with E-state index in [9.17, 15) is 0 Å². The second kappa shape index (κ2) is 9.77. The van der Waals surface area contributed by atoms with E-state index in [4.69, 9.17) is 11.6 Å². The van der Waals surface area contributed by atoms with E-state index in [1.54, 1.807) is 0 Å². The van der Waals surface area contributed by atoms with E-state index >= 15 is 0 Å². The summed E-state index contributed by atoms with van der Waals surface area (Å²) in [5.41, 5.74) is 0. The maximum Gasteiger partial charge on any atom is 0.0223 e. The van der Waals surface area contributed by atoms with Crippen molar-refractivity contribution in [3.63, 3.8) is 0 Å². The van der Waals surface area contributed by atoms with Crippen LogP contribution in [-0.4, -0.2) is 11.2 Å². The smallest absolute Gasteiger partial charge is 0.0223 e. The Labute approximate surface area is 77.5 Å². The van der Waals surface area contributed by atoms with E-state index in [-0.39, 0.29) is 0 Å². The second-order valence-electron chi connectivity index (χ2n) is 2.50. The summed E-state index contributed by atoms with van der Waals surface area (Å²) in [5.74, 6) is 0.832. The van der Waals surface area contributed by atoms with Crippen molar-refractivity contribution < 1.29 is 0 Å². The molecule has 2 heteroatoms. The van der Waals surface area contributed by atoms with Crippen LogP contribution in [0.3, 0.4) is 0 Å². The Morgan fingerprint density at radius 1 is 0.800 bits per heavy atom. The zero-order valence-electron chi connectivity index (χ0n) is 6.41. The van der Waals surface area contributed by atoms with Gasteiger partial charge >= 0.3 is 0 Å². The van der Waals surface area contributed by atoms with Crippen LogP contribution >= 0.6 is 27.5 Å². The van der Waals surface area contributed by atoms with Crippen LogP contribution in [0.2, 0.25) is 0 Å². The molecule has 0 fully saturated rings. The lowest BCUT2D eigenvalue weighted by Gasteiger charge is -1.96. The van der Waals surface area contributed by atoms with Crippen LogP contribution in [0.25, 0.3) is 0 Å². The summed E-state index contributed by atoms with van der Waals surface area (Å²) < 4.78 is 0. The van der Waals surface area contributed by atoms with Crippen LogP contribution < -0.4 is 0 Å². The van der Waals surface area contributed by atoms with Crippen LogP contribution in [0.15, 0.2) is 0 Å².